The molecule has 0 aromatic heterocycles. The zero-order chi connectivity index (χ0) is 13.1. The number of hydrogen-bond donors (Lipinski definition) is 1. The zero-order valence-corrected chi connectivity index (χ0v) is 9.77. The molecule has 18 heavy (non-hydrogen) atoms. The van der Waals surface area contributed by atoms with Gasteiger partial charge in [0.25, 0.3) is 5.91 Å². The first-order chi connectivity index (χ1) is 8.63. The number of carbonyl (C=O) groups excluding carboxylic acids is 1. The van der Waals surface area contributed by atoms with Gasteiger partial charge in [-0.2, -0.15) is 5.26 Å². The molecule has 1 N–H and O–H groups in total. The number of phenols is 1. The van der Waals surface area contributed by atoms with Crippen LogP contribution in [0, 0.1) is 23.1 Å². The maximum atomic E-state index is 13.5. The topological polar surface area (TPSA) is 64.3 Å². The van der Waals surface area contributed by atoms with Crippen LogP contribution < -0.4 is 0 Å². The Balaban J connectivity index is 2.16. The van der Waals surface area contributed by atoms with Crippen molar-refractivity contribution in [3.05, 3.63) is 29.6 Å². The van der Waals surface area contributed by atoms with Crippen LogP contribution >= 0.6 is 0 Å². The first kappa shape index (κ1) is 12.4. The molecule has 1 aromatic carbocycles. The van der Waals surface area contributed by atoms with Gasteiger partial charge in [0.2, 0.25) is 0 Å². The highest BCUT2D eigenvalue weighted by Gasteiger charge is 2.26. The minimum absolute atomic E-state index is 0.0386. The summed E-state index contributed by atoms with van der Waals surface area (Å²) in [5.74, 6) is -1.62. The summed E-state index contributed by atoms with van der Waals surface area (Å²) in [6.07, 6.45) is 1.19. The summed E-state index contributed by atoms with van der Waals surface area (Å²) < 4.78 is 13.5. The Bertz CT molecular complexity index is 482. The number of benzene rings is 1. The van der Waals surface area contributed by atoms with Gasteiger partial charge in [-0.1, -0.05) is 6.07 Å². The molecular formula is C13H13FN2O2. The molecule has 1 heterocycles. The van der Waals surface area contributed by atoms with Gasteiger partial charge in [0.05, 0.1) is 6.07 Å². The number of amides is 1. The fourth-order valence-corrected chi connectivity index (χ4v) is 2.09. The van der Waals surface area contributed by atoms with Crippen molar-refractivity contribution in [3.8, 4) is 11.8 Å². The molecule has 1 fully saturated rings. The normalized spacial score (nSPS) is 16.3. The van der Waals surface area contributed by atoms with Crippen molar-refractivity contribution in [2.75, 3.05) is 13.1 Å². The van der Waals surface area contributed by atoms with Gasteiger partial charge >= 0.3 is 0 Å². The minimum atomic E-state index is -0.720. The quantitative estimate of drug-likeness (QED) is 0.825. The number of aromatic hydroxyl groups is 1. The Morgan fingerprint density at radius 2 is 2.11 bits per heavy atom. The standard InChI is InChI=1S/C13H13FN2O2/c14-10-2-1-3-11(17)12(10)13(18)16-6-4-9(8-15)5-7-16/h1-3,9,17H,4-7H2. The molecule has 94 valence electrons. The average molecular weight is 248 g/mol. The number of piperidine rings is 1. The van der Waals surface area contributed by atoms with Crippen LogP contribution in [0.4, 0.5) is 4.39 Å². The van der Waals surface area contributed by atoms with Crippen molar-refractivity contribution < 1.29 is 14.3 Å². The van der Waals surface area contributed by atoms with E-state index in [1.54, 1.807) is 0 Å². The van der Waals surface area contributed by atoms with E-state index in [4.69, 9.17) is 5.26 Å². The maximum Gasteiger partial charge on any atom is 0.260 e. The van der Waals surface area contributed by atoms with Gasteiger partial charge in [-0.25, -0.2) is 4.39 Å². The Morgan fingerprint density at radius 1 is 1.44 bits per heavy atom. The van der Waals surface area contributed by atoms with E-state index in [0.717, 1.165) is 6.07 Å². The second kappa shape index (κ2) is 5.05. The van der Waals surface area contributed by atoms with Crippen molar-refractivity contribution in [1.82, 2.24) is 4.90 Å². The van der Waals surface area contributed by atoms with Crippen LogP contribution in [0.5, 0.6) is 5.75 Å². The molecule has 0 saturated carbocycles. The predicted molar refractivity (Wildman–Crippen MR) is 62.3 cm³/mol. The van der Waals surface area contributed by atoms with Gasteiger partial charge in [0.1, 0.15) is 17.1 Å². The molecule has 0 spiro atoms. The molecule has 0 bridgehead atoms. The third-order valence-corrected chi connectivity index (χ3v) is 3.17. The van der Waals surface area contributed by atoms with E-state index in [1.165, 1.54) is 17.0 Å². The number of nitriles is 1. The molecular weight excluding hydrogens is 235 g/mol. The van der Waals surface area contributed by atoms with Crippen LogP contribution in [0.15, 0.2) is 18.2 Å². The molecule has 1 aliphatic rings. The second-order valence-electron chi connectivity index (χ2n) is 4.33. The number of phenolic OH excluding ortho intramolecular Hbond substituents is 1. The average Bonchev–Trinajstić information content (AvgIpc) is 2.38. The van der Waals surface area contributed by atoms with E-state index in [0.29, 0.717) is 25.9 Å². The highest BCUT2D eigenvalue weighted by molar-refractivity contribution is 5.97. The Kier molecular flexibility index (Phi) is 3.47. The van der Waals surface area contributed by atoms with Gasteiger partial charge in [-0.15, -0.1) is 0 Å². The Morgan fingerprint density at radius 3 is 2.67 bits per heavy atom. The van der Waals surface area contributed by atoms with Gasteiger partial charge in [-0.05, 0) is 25.0 Å². The lowest BCUT2D eigenvalue weighted by atomic mass is 9.98. The summed E-state index contributed by atoms with van der Waals surface area (Å²) in [5.41, 5.74) is -0.284. The second-order valence-corrected chi connectivity index (χ2v) is 4.33. The molecule has 1 aliphatic heterocycles. The highest BCUT2D eigenvalue weighted by Crippen LogP contribution is 2.24. The lowest BCUT2D eigenvalue weighted by molar-refractivity contribution is 0.0699. The lowest BCUT2D eigenvalue weighted by Crippen LogP contribution is -2.38. The van der Waals surface area contributed by atoms with Gasteiger partial charge in [-0.3, -0.25) is 4.79 Å². The number of carbonyl (C=O) groups is 1. The number of likely N-dealkylation sites (tertiary alicyclic amines) is 1. The first-order valence-corrected chi connectivity index (χ1v) is 5.80. The van der Waals surface area contributed by atoms with E-state index in [-0.39, 0.29) is 17.2 Å². The van der Waals surface area contributed by atoms with Crippen LogP contribution in [0.2, 0.25) is 0 Å². The third-order valence-electron chi connectivity index (χ3n) is 3.17. The van der Waals surface area contributed by atoms with Crippen molar-refractivity contribution >= 4 is 5.91 Å². The predicted octanol–water partition coefficient (Wildman–Crippen LogP) is 1.91. The van der Waals surface area contributed by atoms with E-state index >= 15 is 0 Å². The number of hydrogen-bond acceptors (Lipinski definition) is 3. The number of nitrogens with zero attached hydrogens (tertiary/aromatic N) is 2. The van der Waals surface area contributed by atoms with E-state index < -0.39 is 11.7 Å². The molecule has 0 atom stereocenters. The van der Waals surface area contributed by atoms with E-state index in [9.17, 15) is 14.3 Å². The smallest absolute Gasteiger partial charge is 0.260 e. The largest absolute Gasteiger partial charge is 0.507 e. The molecule has 4 nitrogen and oxygen atoms in total. The molecule has 1 amide bonds. The highest BCUT2D eigenvalue weighted by atomic mass is 19.1. The van der Waals surface area contributed by atoms with Crippen LogP contribution in [0.3, 0.4) is 0 Å². The van der Waals surface area contributed by atoms with E-state index in [2.05, 4.69) is 6.07 Å². The minimum Gasteiger partial charge on any atom is -0.507 e. The lowest BCUT2D eigenvalue weighted by Gasteiger charge is -2.29. The van der Waals surface area contributed by atoms with Crippen LogP contribution in [0.25, 0.3) is 0 Å². The van der Waals surface area contributed by atoms with Crippen molar-refractivity contribution in [1.29, 1.82) is 5.26 Å². The summed E-state index contributed by atoms with van der Waals surface area (Å²) in [4.78, 5) is 13.6. The van der Waals surface area contributed by atoms with Crippen LogP contribution in [0.1, 0.15) is 23.2 Å². The molecule has 0 unspecified atom stereocenters. The summed E-state index contributed by atoms with van der Waals surface area (Å²) in [7, 11) is 0. The molecule has 1 saturated heterocycles. The maximum absolute atomic E-state index is 13.5. The summed E-state index contributed by atoms with van der Waals surface area (Å²) in [6.45, 7) is 0.843. The number of halogens is 1. The molecule has 2 rings (SSSR count). The monoisotopic (exact) mass is 248 g/mol. The fraction of sp³-hybridized carbons (Fsp3) is 0.385. The first-order valence-electron chi connectivity index (χ1n) is 5.80. The van der Waals surface area contributed by atoms with Crippen molar-refractivity contribution in [2.45, 2.75) is 12.8 Å². The van der Waals surface area contributed by atoms with Crippen molar-refractivity contribution in [3.63, 3.8) is 0 Å². The summed E-state index contributed by atoms with van der Waals surface area (Å²) in [6, 6.07) is 5.95. The van der Waals surface area contributed by atoms with Gasteiger partial charge < -0.3 is 10.0 Å². The molecule has 5 heteroatoms. The van der Waals surface area contributed by atoms with Crippen LogP contribution in [-0.4, -0.2) is 29.0 Å². The third kappa shape index (κ3) is 2.28. The number of rotatable bonds is 1. The Hall–Kier alpha value is -2.09. The van der Waals surface area contributed by atoms with Gasteiger partial charge in [0.15, 0.2) is 0 Å². The summed E-state index contributed by atoms with van der Waals surface area (Å²) >= 11 is 0. The molecule has 0 radical (unpaired) electrons. The zero-order valence-electron chi connectivity index (χ0n) is 9.77. The summed E-state index contributed by atoms with van der Waals surface area (Å²) in [5, 5.41) is 18.3. The van der Waals surface area contributed by atoms with Crippen LogP contribution in [-0.2, 0) is 0 Å². The fourth-order valence-electron chi connectivity index (χ4n) is 2.09. The molecule has 0 aliphatic carbocycles. The SMILES string of the molecule is N#CC1CCN(C(=O)c2c(O)cccc2F)CC1. The van der Waals surface area contributed by atoms with E-state index in [1.807, 2.05) is 0 Å². The molecule has 1 aromatic rings. The van der Waals surface area contributed by atoms with Gasteiger partial charge in [0, 0.05) is 19.0 Å². The van der Waals surface area contributed by atoms with Crippen molar-refractivity contribution in [2.24, 2.45) is 5.92 Å². The Labute approximate surface area is 104 Å².